The average molecular weight is 1230 g/mol. The number of allylic oxidation sites excluding steroid dienone is 6. The minimum atomic E-state index is -4.10. The van der Waals surface area contributed by atoms with Gasteiger partial charge in [0.05, 0.1) is 22.0 Å². The highest BCUT2D eigenvalue weighted by molar-refractivity contribution is 9.10. The van der Waals surface area contributed by atoms with Gasteiger partial charge in [0.2, 0.25) is 0 Å². The van der Waals surface area contributed by atoms with E-state index in [1.807, 2.05) is 148 Å². The lowest BCUT2D eigenvalue weighted by Gasteiger charge is -2.34. The molecule has 6 aromatic rings. The van der Waals surface area contributed by atoms with Crippen LogP contribution in [0.3, 0.4) is 0 Å². The van der Waals surface area contributed by atoms with E-state index in [1.165, 1.54) is 14.2 Å². The fourth-order valence-electron chi connectivity index (χ4n) is 9.06. The van der Waals surface area contributed by atoms with Crippen molar-refractivity contribution in [2.45, 2.75) is 80.8 Å². The first-order valence-corrected chi connectivity index (χ1v) is 31.8. The van der Waals surface area contributed by atoms with Gasteiger partial charge in [-0.1, -0.05) is 177 Å². The molecule has 6 atom stereocenters. The maximum absolute atomic E-state index is 15.2. The molecule has 0 bridgehead atoms. The van der Waals surface area contributed by atoms with Crippen LogP contribution in [0.4, 0.5) is 0 Å². The van der Waals surface area contributed by atoms with E-state index in [0.717, 1.165) is 41.0 Å². The number of halogens is 2. The van der Waals surface area contributed by atoms with E-state index in [-0.39, 0.29) is 23.4 Å². The molecule has 14 heteroatoms. The first-order valence-electron chi connectivity index (χ1n) is 24.6. The molecule has 0 radical (unpaired) electrons. The van der Waals surface area contributed by atoms with Crippen LogP contribution in [0.25, 0.3) is 12.2 Å². The zero-order chi connectivity index (χ0) is 54.5. The van der Waals surface area contributed by atoms with Crippen LogP contribution < -0.4 is 0 Å². The molecule has 0 amide bonds. The summed E-state index contributed by atoms with van der Waals surface area (Å²) in [4.78, 5) is 2.63. The summed E-state index contributed by atoms with van der Waals surface area (Å²) in [6.07, 6.45) is 18.3. The molecule has 400 valence electrons. The Morgan fingerprint density at radius 3 is 1.16 bits per heavy atom. The number of hydrogen-bond acceptors (Lipinski definition) is 10. The summed E-state index contributed by atoms with van der Waals surface area (Å²) in [6, 6.07) is 49.0. The smallest absolute Gasteiger partial charge is 0.187 e. The third-order valence-corrected chi connectivity index (χ3v) is 19.9. The van der Waals surface area contributed by atoms with Gasteiger partial charge in [0, 0.05) is 44.8 Å². The molecule has 0 heterocycles. The van der Waals surface area contributed by atoms with Crippen molar-refractivity contribution in [2.75, 3.05) is 40.3 Å². The second-order valence-corrected chi connectivity index (χ2v) is 25.7. The van der Waals surface area contributed by atoms with Crippen LogP contribution in [0.1, 0.15) is 60.8 Å². The van der Waals surface area contributed by atoms with Crippen molar-refractivity contribution >= 4 is 87.2 Å². The van der Waals surface area contributed by atoms with Crippen LogP contribution in [0, 0.1) is 0 Å². The van der Waals surface area contributed by atoms with E-state index in [1.54, 1.807) is 84.2 Å². The summed E-state index contributed by atoms with van der Waals surface area (Å²) in [5.41, 5.74) is 4.83. The maximum atomic E-state index is 15.2. The summed E-state index contributed by atoms with van der Waals surface area (Å²) >= 11 is 10.5. The van der Waals surface area contributed by atoms with Gasteiger partial charge in [0.1, 0.15) is 24.1 Å². The Morgan fingerprint density at radius 2 is 0.842 bits per heavy atom. The average Bonchev–Trinajstić information content (AvgIpc) is 3.44. The number of methoxy groups -OCH3 is 2. The number of sulfone groups is 2. The van der Waals surface area contributed by atoms with Gasteiger partial charge in [-0.05, 0) is 134 Å². The van der Waals surface area contributed by atoms with Crippen LogP contribution >= 0.6 is 55.4 Å². The molecule has 0 saturated carbocycles. The SMILES string of the molecule is COCOC(C(C/C=C/CC(c1ccc(Br)cc1)C(OCOC)C(/C(C)=C/C=C/c1ccc(SC)cc1)S(=O)(=O)c1ccccc1)c1ccc(Br)cc1)C(/C(C)=C/C=C/c1ccc(SC)cc1)S(=O)(=O)c1ccccc1. The Labute approximate surface area is 476 Å². The van der Waals surface area contributed by atoms with Crippen molar-refractivity contribution in [1.29, 1.82) is 0 Å². The summed E-state index contributed by atoms with van der Waals surface area (Å²) in [5.74, 6) is -1.05. The maximum Gasteiger partial charge on any atom is 0.187 e. The predicted molar refractivity (Wildman–Crippen MR) is 322 cm³/mol. The van der Waals surface area contributed by atoms with E-state index < -0.39 is 54.2 Å². The monoisotopic (exact) mass is 1220 g/mol. The molecule has 0 aliphatic heterocycles. The molecule has 0 aromatic heterocycles. The number of rotatable bonds is 28. The second-order valence-electron chi connectivity index (χ2n) is 18.0. The fraction of sp³-hybridized carbons (Fsp3) is 0.258. The van der Waals surface area contributed by atoms with Gasteiger partial charge in [-0.15, -0.1) is 23.5 Å². The third-order valence-electron chi connectivity index (χ3n) is 12.9. The van der Waals surface area contributed by atoms with Crippen molar-refractivity contribution in [3.05, 3.63) is 237 Å². The van der Waals surface area contributed by atoms with Gasteiger partial charge in [-0.25, -0.2) is 16.8 Å². The van der Waals surface area contributed by atoms with E-state index in [9.17, 15) is 0 Å². The molecule has 0 aliphatic rings. The molecule has 0 aliphatic carbocycles. The Kier molecular flexibility index (Phi) is 24.4. The Bertz CT molecular complexity index is 2900. The zero-order valence-corrected chi connectivity index (χ0v) is 50.0. The largest absolute Gasteiger partial charge is 0.359 e. The summed E-state index contributed by atoms with van der Waals surface area (Å²) in [7, 11) is -5.15. The van der Waals surface area contributed by atoms with E-state index in [4.69, 9.17) is 18.9 Å². The van der Waals surface area contributed by atoms with Crippen molar-refractivity contribution in [3.8, 4) is 0 Å². The topological polar surface area (TPSA) is 105 Å². The zero-order valence-electron chi connectivity index (χ0n) is 43.6. The first kappa shape index (κ1) is 60.6. The first-order chi connectivity index (χ1) is 36.7. The van der Waals surface area contributed by atoms with Crippen LogP contribution in [-0.4, -0.2) is 79.9 Å². The van der Waals surface area contributed by atoms with Crippen LogP contribution in [0.5, 0.6) is 0 Å². The summed E-state index contributed by atoms with van der Waals surface area (Å²) in [5, 5.41) is -2.30. The molecule has 0 N–H and O–H groups in total. The van der Waals surface area contributed by atoms with Crippen molar-refractivity contribution in [1.82, 2.24) is 0 Å². The number of benzene rings is 6. The molecule has 6 aromatic carbocycles. The highest BCUT2D eigenvalue weighted by atomic mass is 79.9. The van der Waals surface area contributed by atoms with Gasteiger partial charge in [-0.3, -0.25) is 0 Å². The van der Waals surface area contributed by atoms with Crippen molar-refractivity contribution in [2.24, 2.45) is 0 Å². The van der Waals surface area contributed by atoms with Gasteiger partial charge in [0.25, 0.3) is 0 Å². The van der Waals surface area contributed by atoms with Gasteiger partial charge in [0.15, 0.2) is 19.7 Å². The standard InChI is InChI=1S/C62H66Br2O8S4/c1-45(17-15-19-47-27-39-53(73-5)40-28-47)61(75(65,66)55-21-9-7-10-22-55)59(71-43-69-3)57(49-31-35-51(63)36-32-49)25-13-14-26-58(50-33-37-52(64)38-34-50)60(72-44-70-4)62(76(67,68)56-23-11-8-12-24-56)46(2)18-16-20-48-29-41-54(74-6)42-30-48/h7-24,27-42,57-62H,25-26,43-44H2,1-6H3/b14-13+,19-15+,20-16+,45-17+,46-18+. The molecule has 0 saturated heterocycles. The molecule has 6 unspecified atom stereocenters. The van der Waals surface area contributed by atoms with Crippen molar-refractivity contribution < 1.29 is 35.8 Å². The molecule has 8 nitrogen and oxygen atoms in total. The third kappa shape index (κ3) is 17.0. The van der Waals surface area contributed by atoms with Crippen LogP contribution in [-0.2, 0) is 38.6 Å². The van der Waals surface area contributed by atoms with E-state index in [0.29, 0.717) is 24.0 Å². The van der Waals surface area contributed by atoms with Gasteiger partial charge >= 0.3 is 0 Å². The minimum Gasteiger partial charge on any atom is -0.359 e. The summed E-state index contributed by atoms with van der Waals surface area (Å²) in [6.45, 7) is 3.34. The highest BCUT2D eigenvalue weighted by Crippen LogP contribution is 2.40. The highest BCUT2D eigenvalue weighted by Gasteiger charge is 2.43. The number of hydrogen-bond donors (Lipinski definition) is 0. The number of thioether (sulfide) groups is 2. The summed E-state index contributed by atoms with van der Waals surface area (Å²) < 4.78 is 86.9. The Balaban J connectivity index is 1.46. The van der Waals surface area contributed by atoms with Gasteiger partial charge in [-0.2, -0.15) is 0 Å². The van der Waals surface area contributed by atoms with E-state index in [2.05, 4.69) is 56.1 Å². The van der Waals surface area contributed by atoms with E-state index >= 15 is 16.8 Å². The normalized spacial score (nSPS) is 15.3. The lowest BCUT2D eigenvalue weighted by atomic mass is 9.84. The molecule has 0 spiro atoms. The minimum absolute atomic E-state index is 0.166. The second kappa shape index (κ2) is 30.5. The quantitative estimate of drug-likeness (QED) is 0.0204. The van der Waals surface area contributed by atoms with Crippen LogP contribution in [0.15, 0.2) is 234 Å². The lowest BCUT2D eigenvalue weighted by molar-refractivity contribution is -0.0789. The molecular formula is C62H66Br2O8S4. The lowest BCUT2D eigenvalue weighted by Crippen LogP contribution is -2.42. The predicted octanol–water partition coefficient (Wildman–Crippen LogP) is 15.8. The molecular weight excluding hydrogens is 1160 g/mol. The van der Waals surface area contributed by atoms with Crippen molar-refractivity contribution in [3.63, 3.8) is 0 Å². The molecule has 76 heavy (non-hydrogen) atoms. The van der Waals surface area contributed by atoms with Gasteiger partial charge < -0.3 is 18.9 Å². The Hall–Kier alpha value is -4.58. The Morgan fingerprint density at radius 1 is 0.500 bits per heavy atom. The molecule has 6 rings (SSSR count). The van der Waals surface area contributed by atoms with Crippen LogP contribution in [0.2, 0.25) is 0 Å². The number of ether oxygens (including phenoxy) is 4. The molecule has 0 fully saturated rings. The fourth-order valence-corrected chi connectivity index (χ4v) is 14.4.